The SMILES string of the molecule is CCNC(=NCc1ccccc1CN1CCOCC1)NCCc1cccs1.I. The second-order valence-electron chi connectivity index (χ2n) is 6.61. The van der Waals surface area contributed by atoms with Gasteiger partial charge in [0.05, 0.1) is 19.8 Å². The lowest BCUT2D eigenvalue weighted by atomic mass is 10.1. The minimum absolute atomic E-state index is 0. The van der Waals surface area contributed by atoms with Crippen molar-refractivity contribution >= 4 is 41.3 Å². The molecule has 0 atom stereocenters. The summed E-state index contributed by atoms with van der Waals surface area (Å²) in [6.07, 6.45) is 1.02. The molecule has 2 aromatic rings. The third-order valence-corrected chi connectivity index (χ3v) is 5.55. The third kappa shape index (κ3) is 7.69. The molecule has 1 aromatic heterocycles. The Bertz CT molecular complexity index is 702. The maximum Gasteiger partial charge on any atom is 0.191 e. The Balaban J connectivity index is 0.00000280. The quantitative estimate of drug-likeness (QED) is 0.322. The predicted molar refractivity (Wildman–Crippen MR) is 129 cm³/mol. The van der Waals surface area contributed by atoms with Crippen LogP contribution in [0.25, 0.3) is 0 Å². The molecule has 0 unspecified atom stereocenters. The maximum atomic E-state index is 5.46. The summed E-state index contributed by atoms with van der Waals surface area (Å²) in [6.45, 7) is 9.18. The highest BCUT2D eigenvalue weighted by Gasteiger charge is 2.12. The summed E-state index contributed by atoms with van der Waals surface area (Å²) in [7, 11) is 0. The molecule has 1 saturated heterocycles. The monoisotopic (exact) mass is 514 g/mol. The largest absolute Gasteiger partial charge is 0.379 e. The van der Waals surface area contributed by atoms with Crippen molar-refractivity contribution in [2.24, 2.45) is 4.99 Å². The van der Waals surface area contributed by atoms with Crippen LogP contribution < -0.4 is 10.6 Å². The topological polar surface area (TPSA) is 48.9 Å². The molecule has 2 N–H and O–H groups in total. The standard InChI is InChI=1S/C21H30N4OS.HI/c1-2-22-21(23-10-9-20-8-5-15-27-20)24-16-18-6-3-4-7-19(18)17-25-11-13-26-14-12-25;/h3-8,15H,2,9-14,16-17H2,1H3,(H2,22,23,24);1H. The van der Waals surface area contributed by atoms with E-state index in [2.05, 4.69) is 64.2 Å². The van der Waals surface area contributed by atoms with E-state index >= 15 is 0 Å². The van der Waals surface area contributed by atoms with E-state index in [1.165, 1.54) is 16.0 Å². The smallest absolute Gasteiger partial charge is 0.191 e. The minimum Gasteiger partial charge on any atom is -0.379 e. The highest BCUT2D eigenvalue weighted by atomic mass is 127. The van der Waals surface area contributed by atoms with Crippen molar-refractivity contribution in [3.8, 4) is 0 Å². The van der Waals surface area contributed by atoms with E-state index in [1.54, 1.807) is 11.3 Å². The fourth-order valence-corrected chi connectivity index (χ4v) is 3.84. The normalized spacial score (nSPS) is 15.1. The van der Waals surface area contributed by atoms with E-state index in [1.807, 2.05) is 0 Å². The van der Waals surface area contributed by atoms with Crippen molar-refractivity contribution < 1.29 is 4.74 Å². The van der Waals surface area contributed by atoms with Crippen LogP contribution in [-0.4, -0.2) is 50.3 Å². The molecule has 1 aliphatic rings. The first kappa shape index (κ1) is 23.1. The van der Waals surface area contributed by atoms with Gasteiger partial charge in [0.15, 0.2) is 5.96 Å². The molecule has 0 bridgehead atoms. The van der Waals surface area contributed by atoms with Crippen LogP contribution in [0, 0.1) is 0 Å². The van der Waals surface area contributed by atoms with Crippen LogP contribution in [0.1, 0.15) is 22.9 Å². The number of nitrogens with one attached hydrogen (secondary N) is 2. The van der Waals surface area contributed by atoms with Crippen LogP contribution in [-0.2, 0) is 24.2 Å². The minimum atomic E-state index is 0. The number of aliphatic imine (C=N–C) groups is 1. The lowest BCUT2D eigenvalue weighted by molar-refractivity contribution is 0.0341. The first-order valence-corrected chi connectivity index (χ1v) is 10.6. The van der Waals surface area contributed by atoms with Gasteiger partial charge in [-0.25, -0.2) is 4.99 Å². The van der Waals surface area contributed by atoms with E-state index in [-0.39, 0.29) is 24.0 Å². The van der Waals surface area contributed by atoms with Gasteiger partial charge in [0, 0.05) is 37.6 Å². The van der Waals surface area contributed by atoms with Gasteiger partial charge >= 0.3 is 0 Å². The van der Waals surface area contributed by atoms with E-state index in [0.717, 1.165) is 58.3 Å². The van der Waals surface area contributed by atoms with Crippen molar-refractivity contribution in [1.82, 2.24) is 15.5 Å². The molecule has 0 radical (unpaired) electrons. The zero-order valence-corrected chi connectivity index (χ0v) is 19.7. The number of rotatable bonds is 8. The van der Waals surface area contributed by atoms with E-state index in [9.17, 15) is 0 Å². The number of nitrogens with zero attached hydrogens (tertiary/aromatic N) is 2. The van der Waals surface area contributed by atoms with E-state index in [4.69, 9.17) is 9.73 Å². The predicted octanol–water partition coefficient (Wildman–Crippen LogP) is 3.50. The van der Waals surface area contributed by atoms with Crippen molar-refractivity contribution in [1.29, 1.82) is 0 Å². The molecule has 0 spiro atoms. The number of guanidine groups is 1. The van der Waals surface area contributed by atoms with Gasteiger partial charge in [-0.3, -0.25) is 4.90 Å². The van der Waals surface area contributed by atoms with Crippen LogP contribution in [0.2, 0.25) is 0 Å². The number of benzene rings is 1. The van der Waals surface area contributed by atoms with Gasteiger partial charge < -0.3 is 15.4 Å². The van der Waals surface area contributed by atoms with Gasteiger partial charge in [-0.2, -0.15) is 0 Å². The first-order valence-electron chi connectivity index (χ1n) is 9.76. The summed E-state index contributed by atoms with van der Waals surface area (Å²) >= 11 is 1.80. The number of hydrogen-bond acceptors (Lipinski definition) is 4. The summed E-state index contributed by atoms with van der Waals surface area (Å²) in [6, 6.07) is 12.9. The number of morpholine rings is 1. The van der Waals surface area contributed by atoms with E-state index < -0.39 is 0 Å². The third-order valence-electron chi connectivity index (χ3n) is 4.61. The molecule has 0 aliphatic carbocycles. The molecular weight excluding hydrogens is 483 g/mol. The molecule has 1 aliphatic heterocycles. The van der Waals surface area contributed by atoms with Crippen LogP contribution in [0.15, 0.2) is 46.8 Å². The average Bonchev–Trinajstić information content (AvgIpc) is 3.21. The zero-order valence-electron chi connectivity index (χ0n) is 16.5. The molecule has 5 nitrogen and oxygen atoms in total. The van der Waals surface area contributed by atoms with Crippen molar-refractivity contribution in [3.05, 3.63) is 57.8 Å². The number of halogens is 1. The number of thiophene rings is 1. The van der Waals surface area contributed by atoms with Gasteiger partial charge in [-0.15, -0.1) is 35.3 Å². The molecule has 0 saturated carbocycles. The molecule has 7 heteroatoms. The summed E-state index contributed by atoms with van der Waals surface area (Å²) in [4.78, 5) is 8.66. The lowest BCUT2D eigenvalue weighted by Crippen LogP contribution is -2.38. The van der Waals surface area contributed by atoms with Crippen LogP contribution in [0.3, 0.4) is 0 Å². The zero-order chi connectivity index (χ0) is 18.7. The second kappa shape index (κ2) is 13.1. The summed E-state index contributed by atoms with van der Waals surface area (Å²) in [5.74, 6) is 0.884. The molecule has 154 valence electrons. The van der Waals surface area contributed by atoms with E-state index in [0.29, 0.717) is 6.54 Å². The Kier molecular flexibility index (Phi) is 10.8. The molecule has 2 heterocycles. The maximum absolute atomic E-state index is 5.46. The first-order chi connectivity index (χ1) is 13.3. The molecule has 1 aromatic carbocycles. The molecule has 28 heavy (non-hydrogen) atoms. The lowest BCUT2D eigenvalue weighted by Gasteiger charge is -2.27. The number of hydrogen-bond donors (Lipinski definition) is 2. The van der Waals surface area contributed by atoms with Gasteiger partial charge in [0.2, 0.25) is 0 Å². The average molecular weight is 514 g/mol. The Hall–Kier alpha value is -1.16. The number of ether oxygens (including phenoxy) is 1. The van der Waals surface area contributed by atoms with Crippen LogP contribution >= 0.6 is 35.3 Å². The molecule has 0 amide bonds. The van der Waals surface area contributed by atoms with Gasteiger partial charge in [0.25, 0.3) is 0 Å². The Morgan fingerprint density at radius 3 is 2.61 bits per heavy atom. The second-order valence-corrected chi connectivity index (χ2v) is 7.64. The summed E-state index contributed by atoms with van der Waals surface area (Å²) < 4.78 is 5.46. The summed E-state index contributed by atoms with van der Waals surface area (Å²) in [5, 5.41) is 8.92. The molecule has 3 rings (SSSR count). The van der Waals surface area contributed by atoms with Gasteiger partial charge in [0.1, 0.15) is 0 Å². The van der Waals surface area contributed by atoms with Crippen LogP contribution in [0.4, 0.5) is 0 Å². The van der Waals surface area contributed by atoms with Crippen molar-refractivity contribution in [2.75, 3.05) is 39.4 Å². The molecular formula is C21H31IN4OS. The van der Waals surface area contributed by atoms with Gasteiger partial charge in [-0.05, 0) is 35.9 Å². The molecule has 1 fully saturated rings. The van der Waals surface area contributed by atoms with Crippen molar-refractivity contribution in [2.45, 2.75) is 26.4 Å². The van der Waals surface area contributed by atoms with Gasteiger partial charge in [-0.1, -0.05) is 30.3 Å². The highest BCUT2D eigenvalue weighted by Crippen LogP contribution is 2.14. The fraction of sp³-hybridized carbons (Fsp3) is 0.476. The highest BCUT2D eigenvalue weighted by molar-refractivity contribution is 14.0. The van der Waals surface area contributed by atoms with Crippen LogP contribution in [0.5, 0.6) is 0 Å². The Labute approximate surface area is 189 Å². The summed E-state index contributed by atoms with van der Waals surface area (Å²) in [5.41, 5.74) is 2.65. The fourth-order valence-electron chi connectivity index (χ4n) is 3.13. The Morgan fingerprint density at radius 1 is 1.11 bits per heavy atom. The van der Waals surface area contributed by atoms with Crippen molar-refractivity contribution in [3.63, 3.8) is 0 Å². The Morgan fingerprint density at radius 2 is 1.89 bits per heavy atom.